The summed E-state index contributed by atoms with van der Waals surface area (Å²) >= 11 is 0. The number of fused-ring (bicyclic) bond motifs is 1. The number of hydrogen-bond acceptors (Lipinski definition) is 9. The molecule has 0 atom stereocenters. The molecule has 3 aromatic carbocycles. The van der Waals surface area contributed by atoms with Crippen LogP contribution >= 0.6 is 0 Å². The van der Waals surface area contributed by atoms with Gasteiger partial charge in [0.15, 0.2) is 11.5 Å². The van der Waals surface area contributed by atoms with E-state index in [-0.39, 0.29) is 42.6 Å². The number of sulfone groups is 1. The maximum atomic E-state index is 12.9. The number of hydrogen-bond donors (Lipinski definition) is 0. The molecular weight excluding hydrogens is 542 g/mol. The van der Waals surface area contributed by atoms with Crippen LogP contribution in [0, 0.1) is 0 Å². The molecule has 210 valence electrons. The maximum absolute atomic E-state index is 12.9. The summed E-state index contributed by atoms with van der Waals surface area (Å²) in [6.45, 7) is 4.41. The molecule has 1 heterocycles. The van der Waals surface area contributed by atoms with E-state index in [0.29, 0.717) is 17.2 Å². The number of anilines is 1. The number of ether oxygens (including phenoxy) is 3. The van der Waals surface area contributed by atoms with Gasteiger partial charge in [-0.1, -0.05) is 38.1 Å². The van der Waals surface area contributed by atoms with Gasteiger partial charge in [-0.3, -0.25) is 0 Å². The van der Waals surface area contributed by atoms with Crippen LogP contribution in [0.15, 0.2) is 66.7 Å². The number of rotatable bonds is 12. The van der Waals surface area contributed by atoms with Crippen LogP contribution in [-0.4, -0.2) is 61.6 Å². The zero-order valence-corrected chi connectivity index (χ0v) is 24.0. The Labute approximate surface area is 230 Å². The molecule has 0 bridgehead atoms. The van der Waals surface area contributed by atoms with Gasteiger partial charge in [-0.2, -0.15) is 8.42 Å². The zero-order valence-electron chi connectivity index (χ0n) is 22.4. The van der Waals surface area contributed by atoms with Crippen molar-refractivity contribution in [1.82, 2.24) is 0 Å². The van der Waals surface area contributed by atoms with Crippen molar-refractivity contribution in [3.8, 4) is 23.0 Å². The summed E-state index contributed by atoms with van der Waals surface area (Å²) in [6, 6.07) is 20.0. The highest BCUT2D eigenvalue weighted by atomic mass is 32.2. The molecule has 9 nitrogen and oxygen atoms in total. The highest BCUT2D eigenvalue weighted by Gasteiger charge is 2.24. The molecule has 0 saturated carbocycles. The van der Waals surface area contributed by atoms with Gasteiger partial charge in [0.05, 0.1) is 12.9 Å². The average Bonchev–Trinajstić information content (AvgIpc) is 3.36. The summed E-state index contributed by atoms with van der Waals surface area (Å²) in [5.41, 5.74) is 2.38. The molecule has 0 unspecified atom stereocenters. The number of nitrogens with zero attached hydrogens (tertiary/aromatic N) is 1. The van der Waals surface area contributed by atoms with Crippen LogP contribution in [0.1, 0.15) is 25.0 Å². The molecule has 3 aromatic rings. The largest absolute Gasteiger partial charge is 0.497 e. The smallest absolute Gasteiger partial charge is 0.310 e. The number of benzene rings is 3. The highest BCUT2D eigenvalue weighted by molar-refractivity contribution is 7.90. The zero-order chi connectivity index (χ0) is 28.3. The molecule has 0 fully saturated rings. The predicted octanol–water partition coefficient (Wildman–Crippen LogP) is 4.01. The van der Waals surface area contributed by atoms with E-state index >= 15 is 0 Å². The van der Waals surface area contributed by atoms with Gasteiger partial charge in [0, 0.05) is 36.5 Å². The topological polar surface area (TPSA) is 108 Å². The molecular formula is C28H33NO8S2. The van der Waals surface area contributed by atoms with Gasteiger partial charge in [-0.05, 0) is 47.5 Å². The van der Waals surface area contributed by atoms with E-state index in [1.54, 1.807) is 42.3 Å². The van der Waals surface area contributed by atoms with Crippen molar-refractivity contribution in [3.05, 3.63) is 77.9 Å². The lowest BCUT2D eigenvalue weighted by atomic mass is 9.78. The Kier molecular flexibility index (Phi) is 8.31. The summed E-state index contributed by atoms with van der Waals surface area (Å²) in [6.07, 6.45) is 1.14. The van der Waals surface area contributed by atoms with Crippen molar-refractivity contribution in [3.63, 3.8) is 0 Å². The SMILES string of the molecule is COc1ccc(C(C)(C)c2ccc(OS(=O)(=O)CCN(CCS(C)(=O)=O)c3ccc4c(c3)OCO4)cc2)cc1. The third kappa shape index (κ3) is 7.36. The molecule has 0 saturated heterocycles. The molecule has 1 aliphatic rings. The van der Waals surface area contributed by atoms with Crippen LogP contribution < -0.4 is 23.3 Å². The molecule has 0 radical (unpaired) electrons. The van der Waals surface area contributed by atoms with Gasteiger partial charge in [-0.15, -0.1) is 0 Å². The molecule has 11 heteroatoms. The Morgan fingerprint density at radius 2 is 1.36 bits per heavy atom. The fraction of sp³-hybridized carbons (Fsp3) is 0.357. The van der Waals surface area contributed by atoms with E-state index in [2.05, 4.69) is 13.8 Å². The Morgan fingerprint density at radius 3 is 1.95 bits per heavy atom. The molecule has 0 spiro atoms. The Bertz CT molecular complexity index is 1500. The van der Waals surface area contributed by atoms with Crippen molar-refractivity contribution in [1.29, 1.82) is 0 Å². The summed E-state index contributed by atoms with van der Waals surface area (Å²) in [4.78, 5) is 1.68. The minimum absolute atomic E-state index is 0.0279. The van der Waals surface area contributed by atoms with Crippen LogP contribution in [0.5, 0.6) is 23.0 Å². The molecule has 1 aliphatic heterocycles. The Morgan fingerprint density at radius 1 is 0.795 bits per heavy atom. The van der Waals surface area contributed by atoms with Crippen molar-refractivity contribution < 1.29 is 35.2 Å². The summed E-state index contributed by atoms with van der Waals surface area (Å²) in [5, 5.41) is 0. The first kappa shape index (κ1) is 28.6. The second kappa shape index (κ2) is 11.4. The van der Waals surface area contributed by atoms with Gasteiger partial charge < -0.3 is 23.3 Å². The van der Waals surface area contributed by atoms with Crippen LogP contribution in [0.25, 0.3) is 0 Å². The van der Waals surface area contributed by atoms with E-state index in [1.165, 1.54) is 0 Å². The van der Waals surface area contributed by atoms with Gasteiger partial charge in [-0.25, -0.2) is 8.42 Å². The minimum atomic E-state index is -3.97. The maximum Gasteiger partial charge on any atom is 0.310 e. The van der Waals surface area contributed by atoms with Crippen molar-refractivity contribution in [2.45, 2.75) is 19.3 Å². The molecule has 4 rings (SSSR count). The lowest BCUT2D eigenvalue weighted by Gasteiger charge is -2.26. The van der Waals surface area contributed by atoms with Gasteiger partial charge in [0.2, 0.25) is 6.79 Å². The first-order valence-corrected chi connectivity index (χ1v) is 16.0. The van der Waals surface area contributed by atoms with Gasteiger partial charge in [0.25, 0.3) is 0 Å². The fourth-order valence-corrected chi connectivity index (χ4v) is 5.72. The molecule has 0 amide bonds. The van der Waals surface area contributed by atoms with Gasteiger partial charge >= 0.3 is 10.1 Å². The summed E-state index contributed by atoms with van der Waals surface area (Å²) < 4.78 is 70.7. The molecule has 0 N–H and O–H groups in total. The first-order valence-electron chi connectivity index (χ1n) is 12.4. The van der Waals surface area contributed by atoms with Crippen LogP contribution in [-0.2, 0) is 25.4 Å². The molecule has 0 aromatic heterocycles. The van der Waals surface area contributed by atoms with Crippen molar-refractivity contribution in [2.75, 3.05) is 49.7 Å². The van der Waals surface area contributed by atoms with Crippen LogP contribution in [0.3, 0.4) is 0 Å². The molecule has 39 heavy (non-hydrogen) atoms. The normalized spacial score (nSPS) is 13.2. The average molecular weight is 576 g/mol. The summed E-state index contributed by atoms with van der Waals surface area (Å²) in [5.74, 6) is 1.61. The second-order valence-corrected chi connectivity index (χ2v) is 13.8. The Hall–Kier alpha value is -3.44. The van der Waals surface area contributed by atoms with Crippen LogP contribution in [0.2, 0.25) is 0 Å². The van der Waals surface area contributed by atoms with E-state index in [1.807, 2.05) is 36.4 Å². The lowest BCUT2D eigenvalue weighted by molar-refractivity contribution is 0.174. The van der Waals surface area contributed by atoms with Crippen molar-refractivity contribution in [2.24, 2.45) is 0 Å². The third-order valence-electron chi connectivity index (χ3n) is 6.68. The third-order valence-corrected chi connectivity index (χ3v) is 8.73. The lowest BCUT2D eigenvalue weighted by Crippen LogP contribution is -2.34. The van der Waals surface area contributed by atoms with Crippen molar-refractivity contribution >= 4 is 25.6 Å². The summed E-state index contributed by atoms with van der Waals surface area (Å²) in [7, 11) is -5.62. The first-order chi connectivity index (χ1) is 18.4. The van der Waals surface area contributed by atoms with E-state index in [9.17, 15) is 16.8 Å². The standard InChI is InChI=1S/C28H33NO8S2/c1-28(2,21-5-10-24(34-3)11-6-21)22-7-12-25(13-8-22)37-39(32,33)18-16-29(15-17-38(4,30)31)23-9-14-26-27(19-23)36-20-35-26/h5-14,19H,15-18,20H2,1-4H3. The van der Waals surface area contributed by atoms with E-state index < -0.39 is 20.0 Å². The number of methoxy groups -OCH3 is 1. The quantitative estimate of drug-likeness (QED) is 0.296. The van der Waals surface area contributed by atoms with Crippen LogP contribution in [0.4, 0.5) is 5.69 Å². The fourth-order valence-electron chi connectivity index (χ4n) is 4.24. The van der Waals surface area contributed by atoms with E-state index in [4.69, 9.17) is 18.4 Å². The Balaban J connectivity index is 1.44. The second-order valence-electron chi connectivity index (χ2n) is 9.88. The monoisotopic (exact) mass is 575 g/mol. The minimum Gasteiger partial charge on any atom is -0.497 e. The highest BCUT2D eigenvalue weighted by Crippen LogP contribution is 2.36. The predicted molar refractivity (Wildman–Crippen MR) is 150 cm³/mol. The molecule has 0 aliphatic carbocycles. The van der Waals surface area contributed by atoms with Gasteiger partial charge in [0.1, 0.15) is 27.1 Å². The van der Waals surface area contributed by atoms with E-state index in [0.717, 1.165) is 23.1 Å².